The molecule has 10 aromatic rings. The van der Waals surface area contributed by atoms with Crippen molar-refractivity contribution in [1.29, 1.82) is 0 Å². The third kappa shape index (κ3) is 4.35. The SMILES string of the molecule is CC1(c2ccccc2)c2cc(-c3ccc(-c4ccc5ccc6cccc7ccc4c5c67)cc3)ccc2-c2ccc(-c3ccc4c5c6c(ccc35)C=CCC6=CC4)cc21. The summed E-state index contributed by atoms with van der Waals surface area (Å²) in [6.07, 6.45) is 9.09. The minimum absolute atomic E-state index is 0.319. The summed E-state index contributed by atoms with van der Waals surface area (Å²) < 4.78 is 0. The predicted molar refractivity (Wildman–Crippen MR) is 247 cm³/mol. The highest BCUT2D eigenvalue weighted by atomic mass is 14.4. The van der Waals surface area contributed by atoms with Crippen LogP contribution in [0.25, 0.3) is 99.2 Å². The molecule has 13 rings (SSSR count). The molecule has 3 aliphatic carbocycles. The van der Waals surface area contributed by atoms with Crippen molar-refractivity contribution in [3.05, 3.63) is 215 Å². The van der Waals surface area contributed by atoms with Crippen LogP contribution in [0.3, 0.4) is 0 Å². The molecule has 3 aliphatic rings. The van der Waals surface area contributed by atoms with Gasteiger partial charge in [-0.3, -0.25) is 0 Å². The largest absolute Gasteiger partial charge is 0.0795 e. The van der Waals surface area contributed by atoms with Crippen LogP contribution >= 0.6 is 0 Å². The van der Waals surface area contributed by atoms with Gasteiger partial charge in [0.1, 0.15) is 0 Å². The predicted octanol–water partition coefficient (Wildman–Crippen LogP) is 15.4. The van der Waals surface area contributed by atoms with Gasteiger partial charge in [0.2, 0.25) is 0 Å². The first-order chi connectivity index (χ1) is 28.6. The van der Waals surface area contributed by atoms with E-state index in [0.717, 1.165) is 12.8 Å². The van der Waals surface area contributed by atoms with Crippen LogP contribution in [0.4, 0.5) is 0 Å². The Labute approximate surface area is 338 Å². The average molecular weight is 735 g/mol. The molecule has 58 heavy (non-hydrogen) atoms. The Morgan fingerprint density at radius 3 is 1.84 bits per heavy atom. The number of rotatable bonds is 4. The van der Waals surface area contributed by atoms with E-state index in [1.54, 1.807) is 0 Å². The minimum Gasteiger partial charge on any atom is -0.0795 e. The van der Waals surface area contributed by atoms with Crippen LogP contribution in [0.2, 0.25) is 0 Å². The van der Waals surface area contributed by atoms with Crippen LogP contribution < -0.4 is 0 Å². The van der Waals surface area contributed by atoms with E-state index < -0.39 is 0 Å². The van der Waals surface area contributed by atoms with Crippen LogP contribution in [0.5, 0.6) is 0 Å². The number of hydrogen-bond acceptors (Lipinski definition) is 0. The van der Waals surface area contributed by atoms with Gasteiger partial charge in [0, 0.05) is 5.41 Å². The molecule has 0 aliphatic heterocycles. The molecule has 1 unspecified atom stereocenters. The molecule has 0 N–H and O–H groups in total. The molecule has 1 atom stereocenters. The molecule has 0 nitrogen and oxygen atoms in total. The van der Waals surface area contributed by atoms with Gasteiger partial charge in [0.25, 0.3) is 0 Å². The lowest BCUT2D eigenvalue weighted by atomic mass is 9.73. The second-order valence-electron chi connectivity index (χ2n) is 16.8. The fourth-order valence-electron chi connectivity index (χ4n) is 11.1. The fraction of sp³-hybridized carbons (Fsp3) is 0.0690. The quantitative estimate of drug-likeness (QED) is 0.158. The molecule has 0 spiro atoms. The average Bonchev–Trinajstić information content (AvgIpc) is 3.55. The Bertz CT molecular complexity index is 3410. The van der Waals surface area contributed by atoms with Gasteiger partial charge in [-0.05, 0) is 158 Å². The van der Waals surface area contributed by atoms with Gasteiger partial charge in [-0.25, -0.2) is 0 Å². The monoisotopic (exact) mass is 734 g/mol. The van der Waals surface area contributed by atoms with Crippen molar-refractivity contribution in [2.75, 3.05) is 0 Å². The van der Waals surface area contributed by atoms with Gasteiger partial charge >= 0.3 is 0 Å². The summed E-state index contributed by atoms with van der Waals surface area (Å²) in [6.45, 7) is 2.44. The molecule has 0 bridgehead atoms. The van der Waals surface area contributed by atoms with E-state index in [2.05, 4.69) is 195 Å². The number of fused-ring (bicyclic) bond motifs is 3. The Hall–Kier alpha value is -7.02. The first-order valence-electron chi connectivity index (χ1n) is 20.7. The van der Waals surface area contributed by atoms with Crippen LogP contribution in [-0.4, -0.2) is 0 Å². The maximum atomic E-state index is 2.50. The maximum absolute atomic E-state index is 2.50. The summed E-state index contributed by atoms with van der Waals surface area (Å²) in [5.41, 5.74) is 19.7. The van der Waals surface area contributed by atoms with Gasteiger partial charge in [-0.1, -0.05) is 176 Å². The number of benzene rings is 10. The zero-order valence-electron chi connectivity index (χ0n) is 32.3. The van der Waals surface area contributed by atoms with Crippen molar-refractivity contribution in [3.8, 4) is 44.5 Å². The third-order valence-electron chi connectivity index (χ3n) is 14.0. The van der Waals surface area contributed by atoms with Gasteiger partial charge in [0.15, 0.2) is 0 Å². The van der Waals surface area contributed by atoms with Crippen LogP contribution in [-0.2, 0) is 11.8 Å². The van der Waals surface area contributed by atoms with E-state index in [-0.39, 0.29) is 5.41 Å². The molecular weight excluding hydrogens is 697 g/mol. The van der Waals surface area contributed by atoms with E-state index in [9.17, 15) is 0 Å². The zero-order chi connectivity index (χ0) is 38.1. The van der Waals surface area contributed by atoms with E-state index in [4.69, 9.17) is 0 Å². The molecule has 0 fully saturated rings. The lowest BCUT2D eigenvalue weighted by Crippen LogP contribution is -2.22. The van der Waals surface area contributed by atoms with Crippen molar-refractivity contribution in [2.24, 2.45) is 0 Å². The first-order valence-corrected chi connectivity index (χ1v) is 20.7. The molecule has 270 valence electrons. The molecule has 10 aromatic carbocycles. The number of allylic oxidation sites excluding steroid dienone is 3. The molecule has 0 saturated heterocycles. The molecule has 0 radical (unpaired) electrons. The van der Waals surface area contributed by atoms with Crippen molar-refractivity contribution in [1.82, 2.24) is 0 Å². The van der Waals surface area contributed by atoms with Gasteiger partial charge in [-0.2, -0.15) is 0 Å². The van der Waals surface area contributed by atoms with Gasteiger partial charge in [-0.15, -0.1) is 0 Å². The van der Waals surface area contributed by atoms with Crippen LogP contribution in [0, 0.1) is 0 Å². The highest BCUT2D eigenvalue weighted by Gasteiger charge is 2.41. The molecule has 0 aromatic heterocycles. The van der Waals surface area contributed by atoms with Gasteiger partial charge in [0.05, 0.1) is 0 Å². The molecular formula is C58H38. The second-order valence-corrected chi connectivity index (χ2v) is 16.8. The fourth-order valence-corrected chi connectivity index (χ4v) is 11.1. The van der Waals surface area contributed by atoms with Gasteiger partial charge < -0.3 is 0 Å². The Morgan fingerprint density at radius 1 is 0.431 bits per heavy atom. The van der Waals surface area contributed by atoms with Crippen LogP contribution in [0.1, 0.15) is 46.7 Å². The number of hydrogen-bond donors (Lipinski definition) is 0. The highest BCUT2D eigenvalue weighted by Crippen LogP contribution is 2.55. The topological polar surface area (TPSA) is 0 Å². The lowest BCUT2D eigenvalue weighted by Gasteiger charge is -2.29. The van der Waals surface area contributed by atoms with Crippen molar-refractivity contribution in [3.63, 3.8) is 0 Å². The first kappa shape index (κ1) is 32.1. The van der Waals surface area contributed by atoms with E-state index >= 15 is 0 Å². The summed E-state index contributed by atoms with van der Waals surface area (Å²) in [7, 11) is 0. The minimum atomic E-state index is -0.319. The Morgan fingerprint density at radius 2 is 1.03 bits per heavy atom. The second kappa shape index (κ2) is 11.8. The van der Waals surface area contributed by atoms with Crippen molar-refractivity contribution in [2.45, 2.75) is 25.2 Å². The van der Waals surface area contributed by atoms with Crippen LogP contribution in [0.15, 0.2) is 182 Å². The van der Waals surface area contributed by atoms with E-state index in [1.807, 2.05) is 0 Å². The summed E-state index contributed by atoms with van der Waals surface area (Å²) in [5, 5.41) is 10.7. The highest BCUT2D eigenvalue weighted by molar-refractivity contribution is 6.25. The third-order valence-corrected chi connectivity index (χ3v) is 14.0. The Kier molecular flexibility index (Phi) is 6.51. The smallest absolute Gasteiger partial charge is 0.0435 e. The standard InChI is InChI=1S/C58H38/c1-58(45-11-3-2-4-12-45)52-33-43(35-13-15-36(16-14-35)46-27-21-41-19-17-37-7-5-9-39-23-31-50(46)56(41)54(37)39)25-29-48(52)49-30-26-44(34-53(49)58)47-28-22-42-20-18-38-8-6-10-40-24-32-51(47)57(42)55(38)40/h2-7,9-19,21-34H,8,20H2,1H3. The molecule has 0 heteroatoms. The van der Waals surface area contributed by atoms with E-state index in [1.165, 1.54) is 127 Å². The molecule has 0 heterocycles. The molecule has 0 saturated carbocycles. The summed E-state index contributed by atoms with van der Waals surface area (Å²) >= 11 is 0. The lowest BCUT2D eigenvalue weighted by molar-refractivity contribution is 0.714. The van der Waals surface area contributed by atoms with E-state index in [0.29, 0.717) is 0 Å². The van der Waals surface area contributed by atoms with Crippen molar-refractivity contribution >= 4 is 54.7 Å². The van der Waals surface area contributed by atoms with Crippen molar-refractivity contribution < 1.29 is 0 Å². The Balaban J connectivity index is 0.924. The summed E-state index contributed by atoms with van der Waals surface area (Å²) in [4.78, 5) is 0. The normalized spacial score (nSPS) is 16.3. The zero-order valence-corrected chi connectivity index (χ0v) is 32.3. The molecule has 0 amide bonds. The summed E-state index contributed by atoms with van der Waals surface area (Å²) in [6, 6.07) is 64.6. The summed E-state index contributed by atoms with van der Waals surface area (Å²) in [5.74, 6) is 0. The maximum Gasteiger partial charge on any atom is 0.0435 e.